The molecule has 2 aliphatic heterocycles. The number of nitriles is 1. The summed E-state index contributed by atoms with van der Waals surface area (Å²) in [6.07, 6.45) is 2.21. The SMILES string of the molecule is N#C[C@@H]1CC(F)(F)CN1C(=O)CCC(=O)c1ccncc1CC(=O)C1CCc2ccccc2O1. The molecule has 34 heavy (non-hydrogen) atoms. The molecule has 0 bridgehead atoms. The Morgan fingerprint density at radius 1 is 1.21 bits per heavy atom. The molecule has 0 spiro atoms. The van der Waals surface area contributed by atoms with Crippen LogP contribution in [0.3, 0.4) is 0 Å². The first-order valence-corrected chi connectivity index (χ1v) is 11.1. The van der Waals surface area contributed by atoms with Gasteiger partial charge in [-0.15, -0.1) is 0 Å². The number of halogens is 2. The molecule has 4 rings (SSSR count). The van der Waals surface area contributed by atoms with Gasteiger partial charge in [-0.05, 0) is 36.1 Å². The highest BCUT2D eigenvalue weighted by Crippen LogP contribution is 2.32. The summed E-state index contributed by atoms with van der Waals surface area (Å²) in [7, 11) is 0. The van der Waals surface area contributed by atoms with Crippen molar-refractivity contribution in [2.75, 3.05) is 6.54 Å². The predicted molar refractivity (Wildman–Crippen MR) is 116 cm³/mol. The number of aryl methyl sites for hydroxylation is 1. The lowest BCUT2D eigenvalue weighted by atomic mass is 9.94. The molecule has 3 heterocycles. The molecule has 1 saturated heterocycles. The van der Waals surface area contributed by atoms with Crippen LogP contribution in [0.15, 0.2) is 42.7 Å². The number of ether oxygens (including phenoxy) is 1. The number of alkyl halides is 2. The van der Waals surface area contributed by atoms with E-state index in [-0.39, 0.29) is 30.6 Å². The smallest absolute Gasteiger partial charge is 0.268 e. The standard InChI is InChI=1S/C25H23F2N3O4/c26-25(27)12-18(13-28)30(15-25)24(33)8-6-20(31)19-9-10-29-14-17(19)11-21(32)23-7-5-16-3-1-2-4-22(16)34-23/h1-4,9-10,14,18,23H,5-8,11-12,15H2/t18-,23?/m0/s1. The van der Waals surface area contributed by atoms with E-state index < -0.39 is 42.7 Å². The summed E-state index contributed by atoms with van der Waals surface area (Å²) in [5, 5.41) is 9.06. The summed E-state index contributed by atoms with van der Waals surface area (Å²) in [6.45, 7) is -0.822. The van der Waals surface area contributed by atoms with Gasteiger partial charge in [0.1, 0.15) is 11.8 Å². The van der Waals surface area contributed by atoms with Crippen molar-refractivity contribution in [3.63, 3.8) is 0 Å². The van der Waals surface area contributed by atoms with Gasteiger partial charge in [0.15, 0.2) is 17.7 Å². The number of hydrogen-bond acceptors (Lipinski definition) is 6. The topological polar surface area (TPSA) is 100 Å². The third kappa shape index (κ3) is 5.11. The molecule has 1 amide bonds. The highest BCUT2D eigenvalue weighted by molar-refractivity contribution is 6.00. The van der Waals surface area contributed by atoms with Crippen molar-refractivity contribution in [2.24, 2.45) is 0 Å². The molecule has 0 radical (unpaired) electrons. The second-order valence-corrected chi connectivity index (χ2v) is 8.58. The van der Waals surface area contributed by atoms with Crippen LogP contribution >= 0.6 is 0 Å². The molecule has 2 aliphatic rings. The number of hydrogen-bond donors (Lipinski definition) is 0. The fourth-order valence-corrected chi connectivity index (χ4v) is 4.39. The second kappa shape index (κ2) is 9.67. The van der Waals surface area contributed by atoms with Crippen LogP contribution in [0.1, 0.15) is 47.2 Å². The zero-order chi connectivity index (χ0) is 24.3. The Hall–Kier alpha value is -3.67. The lowest BCUT2D eigenvalue weighted by Crippen LogP contribution is -2.36. The summed E-state index contributed by atoms with van der Waals surface area (Å²) >= 11 is 0. The summed E-state index contributed by atoms with van der Waals surface area (Å²) < 4.78 is 33.1. The molecular formula is C25H23F2N3O4. The van der Waals surface area contributed by atoms with E-state index >= 15 is 0 Å². The number of rotatable bonds is 7. The fraction of sp³-hybridized carbons (Fsp3) is 0.400. The maximum absolute atomic E-state index is 13.6. The number of fused-ring (bicyclic) bond motifs is 1. The number of ketones is 2. The monoisotopic (exact) mass is 467 g/mol. The molecule has 176 valence electrons. The molecule has 1 fully saturated rings. The summed E-state index contributed by atoms with van der Waals surface area (Å²) in [5.41, 5.74) is 1.73. The Labute approximate surface area is 195 Å². The number of nitrogens with zero attached hydrogens (tertiary/aromatic N) is 3. The Morgan fingerprint density at radius 3 is 2.79 bits per heavy atom. The minimum atomic E-state index is -3.11. The normalized spacial score (nSPS) is 20.7. The van der Waals surface area contributed by atoms with Crippen LogP contribution in [0, 0.1) is 11.3 Å². The van der Waals surface area contributed by atoms with Crippen LogP contribution in [-0.4, -0.2) is 52.0 Å². The van der Waals surface area contributed by atoms with E-state index in [2.05, 4.69) is 4.98 Å². The van der Waals surface area contributed by atoms with Crippen molar-refractivity contribution in [3.05, 3.63) is 59.4 Å². The lowest BCUT2D eigenvalue weighted by molar-refractivity contribution is -0.132. The Kier molecular flexibility index (Phi) is 6.68. The van der Waals surface area contributed by atoms with Gasteiger partial charge in [-0.3, -0.25) is 19.4 Å². The maximum atomic E-state index is 13.6. The zero-order valence-electron chi connectivity index (χ0n) is 18.4. The van der Waals surface area contributed by atoms with Crippen molar-refractivity contribution < 1.29 is 27.9 Å². The third-order valence-electron chi connectivity index (χ3n) is 6.15. The molecule has 2 aromatic rings. The molecule has 0 aliphatic carbocycles. The number of benzene rings is 1. The van der Waals surface area contributed by atoms with Crippen LogP contribution in [0.4, 0.5) is 8.78 Å². The minimum absolute atomic E-state index is 0.0510. The van der Waals surface area contributed by atoms with E-state index in [9.17, 15) is 23.2 Å². The number of carbonyl (C=O) groups is 3. The molecule has 0 saturated carbocycles. The van der Waals surface area contributed by atoms with Gasteiger partial charge >= 0.3 is 0 Å². The molecular weight excluding hydrogens is 444 g/mol. The van der Waals surface area contributed by atoms with Gasteiger partial charge in [-0.2, -0.15) is 5.26 Å². The van der Waals surface area contributed by atoms with Crippen LogP contribution in [-0.2, 0) is 22.4 Å². The van der Waals surface area contributed by atoms with Crippen molar-refractivity contribution in [1.29, 1.82) is 5.26 Å². The van der Waals surface area contributed by atoms with Crippen molar-refractivity contribution in [2.45, 2.75) is 56.6 Å². The van der Waals surface area contributed by atoms with E-state index in [1.807, 2.05) is 24.3 Å². The Bertz CT molecular complexity index is 1160. The van der Waals surface area contributed by atoms with Crippen molar-refractivity contribution in [1.82, 2.24) is 9.88 Å². The van der Waals surface area contributed by atoms with Gasteiger partial charge in [0.2, 0.25) is 5.91 Å². The number of aromatic nitrogens is 1. The first kappa shape index (κ1) is 23.5. The quantitative estimate of drug-likeness (QED) is 0.579. The van der Waals surface area contributed by atoms with E-state index in [0.717, 1.165) is 10.5 Å². The molecule has 1 aromatic heterocycles. The van der Waals surface area contributed by atoms with E-state index in [4.69, 9.17) is 10.00 Å². The summed E-state index contributed by atoms with van der Waals surface area (Å²) in [4.78, 5) is 43.0. The number of pyridine rings is 1. The van der Waals surface area contributed by atoms with Crippen LogP contribution in [0.2, 0.25) is 0 Å². The minimum Gasteiger partial charge on any atom is -0.482 e. The number of amides is 1. The number of Topliss-reactive ketones (excluding diaryl/α,β-unsaturated/α-hetero) is 2. The maximum Gasteiger partial charge on any atom is 0.268 e. The second-order valence-electron chi connectivity index (χ2n) is 8.58. The van der Waals surface area contributed by atoms with E-state index in [0.29, 0.717) is 24.2 Å². The summed E-state index contributed by atoms with van der Waals surface area (Å²) in [6, 6.07) is 9.53. The average molecular weight is 467 g/mol. The molecule has 0 N–H and O–H groups in total. The number of likely N-dealkylation sites (tertiary alicyclic amines) is 1. The van der Waals surface area contributed by atoms with Crippen molar-refractivity contribution in [3.8, 4) is 11.8 Å². The molecule has 2 atom stereocenters. The number of para-hydroxylation sites is 1. The van der Waals surface area contributed by atoms with E-state index in [1.54, 1.807) is 6.07 Å². The third-order valence-corrected chi connectivity index (χ3v) is 6.15. The Balaban J connectivity index is 1.38. The predicted octanol–water partition coefficient (Wildman–Crippen LogP) is 3.31. The molecule has 7 nitrogen and oxygen atoms in total. The van der Waals surface area contributed by atoms with Crippen molar-refractivity contribution >= 4 is 17.5 Å². The van der Waals surface area contributed by atoms with Gasteiger partial charge < -0.3 is 9.64 Å². The first-order chi connectivity index (χ1) is 16.3. The van der Waals surface area contributed by atoms with Gasteiger partial charge in [0.05, 0.1) is 12.6 Å². The van der Waals surface area contributed by atoms with Gasteiger partial charge in [0.25, 0.3) is 5.92 Å². The highest BCUT2D eigenvalue weighted by Gasteiger charge is 2.47. The van der Waals surface area contributed by atoms with Crippen LogP contribution < -0.4 is 4.74 Å². The number of carbonyl (C=O) groups excluding carboxylic acids is 3. The fourth-order valence-electron chi connectivity index (χ4n) is 4.39. The molecule has 9 heteroatoms. The van der Waals surface area contributed by atoms with E-state index in [1.165, 1.54) is 18.5 Å². The summed E-state index contributed by atoms with van der Waals surface area (Å²) in [5.74, 6) is -3.67. The average Bonchev–Trinajstić information content (AvgIpc) is 3.17. The first-order valence-electron chi connectivity index (χ1n) is 11.1. The molecule has 1 aromatic carbocycles. The largest absolute Gasteiger partial charge is 0.482 e. The van der Waals surface area contributed by atoms with Gasteiger partial charge in [0, 0.05) is 43.6 Å². The Morgan fingerprint density at radius 2 is 2.00 bits per heavy atom. The highest BCUT2D eigenvalue weighted by atomic mass is 19.3. The van der Waals surface area contributed by atoms with Crippen LogP contribution in [0.5, 0.6) is 5.75 Å². The van der Waals surface area contributed by atoms with Gasteiger partial charge in [-0.1, -0.05) is 18.2 Å². The van der Waals surface area contributed by atoms with Crippen LogP contribution in [0.25, 0.3) is 0 Å². The lowest BCUT2D eigenvalue weighted by Gasteiger charge is -2.25. The van der Waals surface area contributed by atoms with Gasteiger partial charge in [-0.25, -0.2) is 8.78 Å². The zero-order valence-corrected chi connectivity index (χ0v) is 18.4. The molecule has 1 unspecified atom stereocenters.